The van der Waals surface area contributed by atoms with Gasteiger partial charge in [0.1, 0.15) is 0 Å². The standard InChI is InChI=1S/C2H4Br2O2S/c3-1-2-7(4,5)6/h1-2H2. The number of rotatable bonds is 2. The summed E-state index contributed by atoms with van der Waals surface area (Å²) >= 11 is 5.46. The number of hydrogen-bond acceptors (Lipinski definition) is 2. The molecule has 0 N–H and O–H groups in total. The van der Waals surface area contributed by atoms with Gasteiger partial charge in [-0.25, -0.2) is 8.42 Å². The van der Waals surface area contributed by atoms with Gasteiger partial charge in [0, 0.05) is 5.33 Å². The van der Waals surface area contributed by atoms with Crippen LogP contribution < -0.4 is 0 Å². The van der Waals surface area contributed by atoms with E-state index in [9.17, 15) is 8.42 Å². The average molecular weight is 252 g/mol. The van der Waals surface area contributed by atoms with Crippen molar-refractivity contribution in [3.63, 3.8) is 0 Å². The molecule has 0 bridgehead atoms. The van der Waals surface area contributed by atoms with Crippen molar-refractivity contribution in [2.24, 2.45) is 0 Å². The van der Waals surface area contributed by atoms with E-state index in [1.165, 1.54) is 0 Å². The van der Waals surface area contributed by atoms with Crippen molar-refractivity contribution in [3.05, 3.63) is 0 Å². The van der Waals surface area contributed by atoms with Gasteiger partial charge in [-0.3, -0.25) is 0 Å². The number of hydrogen-bond donors (Lipinski definition) is 0. The highest BCUT2D eigenvalue weighted by molar-refractivity contribution is 9.47. The minimum atomic E-state index is -2.91. The van der Waals surface area contributed by atoms with Gasteiger partial charge in [0.2, 0.25) is 8.27 Å². The zero-order valence-electron chi connectivity index (χ0n) is 3.39. The normalized spacial score (nSPS) is 11.7. The summed E-state index contributed by atoms with van der Waals surface area (Å²) in [7, 11) is -2.91. The van der Waals surface area contributed by atoms with Gasteiger partial charge in [-0.2, -0.15) is 0 Å². The first kappa shape index (κ1) is 7.91. The first-order valence-electron chi connectivity index (χ1n) is 1.54. The number of alkyl halides is 1. The fourth-order valence-corrected chi connectivity index (χ4v) is 3.34. The van der Waals surface area contributed by atoms with E-state index in [-0.39, 0.29) is 5.75 Å². The van der Waals surface area contributed by atoms with Gasteiger partial charge in [-0.15, -0.1) is 0 Å². The molecule has 0 saturated heterocycles. The first-order chi connectivity index (χ1) is 3.06. The van der Waals surface area contributed by atoms with Crippen LogP contribution in [0.3, 0.4) is 0 Å². The molecular formula is C2H4Br2O2S. The fourth-order valence-electron chi connectivity index (χ4n) is 0.0922. The summed E-state index contributed by atoms with van der Waals surface area (Å²) in [6, 6.07) is 0. The van der Waals surface area contributed by atoms with Gasteiger partial charge in [0.25, 0.3) is 0 Å². The molecule has 0 atom stereocenters. The minimum absolute atomic E-state index is 0.146. The molecule has 0 saturated carbocycles. The predicted molar refractivity (Wildman–Crippen MR) is 36.5 cm³/mol. The van der Waals surface area contributed by atoms with Crippen LogP contribution in [0.15, 0.2) is 0 Å². The molecule has 0 aliphatic heterocycles. The van der Waals surface area contributed by atoms with Crippen LogP contribution in [0.2, 0.25) is 0 Å². The Morgan fingerprint density at radius 2 is 1.86 bits per heavy atom. The van der Waals surface area contributed by atoms with Crippen LogP contribution in [0.4, 0.5) is 0 Å². The lowest BCUT2D eigenvalue weighted by atomic mass is 11.0. The van der Waals surface area contributed by atoms with E-state index in [1.807, 2.05) is 0 Å². The summed E-state index contributed by atoms with van der Waals surface area (Å²) in [4.78, 5) is 0. The summed E-state index contributed by atoms with van der Waals surface area (Å²) < 4.78 is 20.2. The van der Waals surface area contributed by atoms with Crippen LogP contribution in [0, 0.1) is 0 Å². The summed E-state index contributed by atoms with van der Waals surface area (Å²) in [5.74, 6) is 0.146. The summed E-state index contributed by atoms with van der Waals surface area (Å²) in [6.07, 6.45) is 0. The summed E-state index contributed by atoms with van der Waals surface area (Å²) in [5, 5.41) is 0.487. The Hall–Kier alpha value is 0.910. The van der Waals surface area contributed by atoms with Crippen molar-refractivity contribution in [3.8, 4) is 0 Å². The fraction of sp³-hybridized carbons (Fsp3) is 1.00. The van der Waals surface area contributed by atoms with E-state index in [0.717, 1.165) is 0 Å². The molecule has 0 rings (SSSR count). The maximum Gasteiger partial charge on any atom is 0.210 e. The summed E-state index contributed by atoms with van der Waals surface area (Å²) in [6.45, 7) is 0. The zero-order valence-corrected chi connectivity index (χ0v) is 7.38. The Bertz CT molecular complexity index is 127. The van der Waals surface area contributed by atoms with E-state index >= 15 is 0 Å². The Morgan fingerprint density at radius 1 is 1.43 bits per heavy atom. The number of halogens is 2. The first-order valence-corrected chi connectivity index (χ1v) is 6.16. The molecule has 5 heteroatoms. The molecule has 0 aromatic rings. The monoisotopic (exact) mass is 250 g/mol. The van der Waals surface area contributed by atoms with E-state index in [1.54, 1.807) is 0 Å². The minimum Gasteiger partial charge on any atom is -0.217 e. The highest BCUT2D eigenvalue weighted by Crippen LogP contribution is 2.00. The third-order valence-corrected chi connectivity index (χ3v) is 2.91. The highest BCUT2D eigenvalue weighted by Gasteiger charge is 1.99. The van der Waals surface area contributed by atoms with E-state index < -0.39 is 8.27 Å². The third kappa shape index (κ3) is 6.91. The van der Waals surface area contributed by atoms with E-state index in [2.05, 4.69) is 30.7 Å². The quantitative estimate of drug-likeness (QED) is 0.544. The molecule has 2 nitrogen and oxygen atoms in total. The van der Waals surface area contributed by atoms with Gasteiger partial charge in [-0.1, -0.05) is 15.9 Å². The SMILES string of the molecule is O=S(=O)(Br)CCBr. The largest absolute Gasteiger partial charge is 0.217 e. The molecule has 0 aromatic heterocycles. The Kier molecular flexibility index (Phi) is 3.44. The predicted octanol–water partition coefficient (Wildman–Crippen LogP) is 1.11. The topological polar surface area (TPSA) is 34.1 Å². The molecular weight excluding hydrogens is 248 g/mol. The van der Waals surface area contributed by atoms with Gasteiger partial charge < -0.3 is 0 Å². The lowest BCUT2D eigenvalue weighted by Crippen LogP contribution is -1.95. The van der Waals surface area contributed by atoms with Crippen LogP contribution in [0.25, 0.3) is 0 Å². The maximum absolute atomic E-state index is 10.1. The van der Waals surface area contributed by atoms with Crippen LogP contribution in [-0.4, -0.2) is 19.5 Å². The molecule has 44 valence electrons. The maximum atomic E-state index is 10.1. The molecule has 7 heavy (non-hydrogen) atoms. The molecule has 0 heterocycles. The second-order valence-corrected chi connectivity index (χ2v) is 6.17. The van der Waals surface area contributed by atoms with Gasteiger partial charge in [0.15, 0.2) is 0 Å². The lowest BCUT2D eigenvalue weighted by molar-refractivity contribution is 0.613. The van der Waals surface area contributed by atoms with Crippen molar-refractivity contribution in [1.82, 2.24) is 0 Å². The van der Waals surface area contributed by atoms with E-state index in [0.29, 0.717) is 5.33 Å². The van der Waals surface area contributed by atoms with Crippen molar-refractivity contribution < 1.29 is 8.42 Å². The van der Waals surface area contributed by atoms with E-state index in [4.69, 9.17) is 0 Å². The van der Waals surface area contributed by atoms with Crippen LogP contribution in [-0.2, 0) is 8.27 Å². The Morgan fingerprint density at radius 3 is 1.86 bits per heavy atom. The van der Waals surface area contributed by atoms with Crippen molar-refractivity contribution in [1.29, 1.82) is 0 Å². The second-order valence-electron chi connectivity index (χ2n) is 0.932. The van der Waals surface area contributed by atoms with Crippen molar-refractivity contribution in [2.75, 3.05) is 11.1 Å². The molecule has 0 radical (unpaired) electrons. The van der Waals surface area contributed by atoms with Crippen LogP contribution in [0.1, 0.15) is 0 Å². The molecule has 0 aliphatic rings. The molecule has 0 aliphatic carbocycles. The summed E-state index contributed by atoms with van der Waals surface area (Å²) in [5.41, 5.74) is 0. The van der Waals surface area contributed by atoms with Crippen molar-refractivity contribution in [2.45, 2.75) is 0 Å². The van der Waals surface area contributed by atoms with Gasteiger partial charge >= 0.3 is 0 Å². The smallest absolute Gasteiger partial charge is 0.210 e. The Labute approximate surface area is 58.5 Å². The lowest BCUT2D eigenvalue weighted by Gasteiger charge is -1.83. The Balaban J connectivity index is 3.60. The molecule has 0 spiro atoms. The molecule has 0 amide bonds. The van der Waals surface area contributed by atoms with Crippen LogP contribution in [0.5, 0.6) is 0 Å². The van der Waals surface area contributed by atoms with Gasteiger partial charge in [0.05, 0.1) is 20.6 Å². The average Bonchev–Trinajstić information content (AvgIpc) is 1.30. The second kappa shape index (κ2) is 3.04. The third-order valence-electron chi connectivity index (χ3n) is 0.321. The van der Waals surface area contributed by atoms with Gasteiger partial charge in [-0.05, 0) is 0 Å². The van der Waals surface area contributed by atoms with Crippen LogP contribution >= 0.6 is 30.7 Å². The molecule has 0 unspecified atom stereocenters. The molecule has 0 aromatic carbocycles. The highest BCUT2D eigenvalue weighted by atomic mass is 79.9. The molecule has 0 fully saturated rings. The zero-order chi connectivity index (χ0) is 5.91. The van der Waals surface area contributed by atoms with Crippen molar-refractivity contribution >= 4 is 39.0 Å².